The minimum absolute atomic E-state index is 0.0883. The second-order valence-corrected chi connectivity index (χ2v) is 6.30. The Balaban J connectivity index is 1.60. The summed E-state index contributed by atoms with van der Waals surface area (Å²) in [6.07, 6.45) is 0.351. The standard InChI is InChI=1S/C17H23N3O2/c1-13-10-19(8-7-18-13)17(22)15-9-16(21)20(12-15)11-14-5-3-2-4-6-14/h2-6,13,15,18H,7-12H2,1H3. The van der Waals surface area contributed by atoms with Crippen LogP contribution in [-0.4, -0.2) is 53.8 Å². The lowest BCUT2D eigenvalue weighted by atomic mass is 10.1. The van der Waals surface area contributed by atoms with Crippen molar-refractivity contribution in [2.24, 2.45) is 5.92 Å². The minimum atomic E-state index is -0.179. The van der Waals surface area contributed by atoms with E-state index >= 15 is 0 Å². The average molecular weight is 301 g/mol. The zero-order chi connectivity index (χ0) is 15.5. The van der Waals surface area contributed by atoms with Crippen molar-refractivity contribution in [3.8, 4) is 0 Å². The van der Waals surface area contributed by atoms with Gasteiger partial charge < -0.3 is 15.1 Å². The molecule has 1 aromatic rings. The summed E-state index contributed by atoms with van der Waals surface area (Å²) < 4.78 is 0. The van der Waals surface area contributed by atoms with Gasteiger partial charge >= 0.3 is 0 Å². The zero-order valence-corrected chi connectivity index (χ0v) is 13.0. The van der Waals surface area contributed by atoms with E-state index in [1.165, 1.54) is 0 Å². The van der Waals surface area contributed by atoms with Gasteiger partial charge in [0.25, 0.3) is 0 Å². The molecule has 22 heavy (non-hydrogen) atoms. The van der Waals surface area contributed by atoms with E-state index in [0.29, 0.717) is 25.6 Å². The fourth-order valence-electron chi connectivity index (χ4n) is 3.28. The highest BCUT2D eigenvalue weighted by molar-refractivity contribution is 5.89. The zero-order valence-electron chi connectivity index (χ0n) is 13.0. The third-order valence-electron chi connectivity index (χ3n) is 4.46. The first kappa shape index (κ1) is 15.0. The van der Waals surface area contributed by atoms with Crippen molar-refractivity contribution in [2.45, 2.75) is 25.9 Å². The van der Waals surface area contributed by atoms with Crippen LogP contribution in [0.5, 0.6) is 0 Å². The van der Waals surface area contributed by atoms with Gasteiger partial charge in [-0.3, -0.25) is 9.59 Å². The smallest absolute Gasteiger partial charge is 0.228 e. The van der Waals surface area contributed by atoms with Crippen LogP contribution in [0.1, 0.15) is 18.9 Å². The number of benzene rings is 1. The SMILES string of the molecule is CC1CN(C(=O)C2CC(=O)N(Cc3ccccc3)C2)CCN1. The molecule has 2 amide bonds. The van der Waals surface area contributed by atoms with Crippen molar-refractivity contribution in [3.05, 3.63) is 35.9 Å². The molecule has 2 atom stereocenters. The molecule has 0 saturated carbocycles. The number of carbonyl (C=O) groups is 2. The van der Waals surface area contributed by atoms with Crippen molar-refractivity contribution in [1.82, 2.24) is 15.1 Å². The van der Waals surface area contributed by atoms with Gasteiger partial charge in [-0.25, -0.2) is 0 Å². The van der Waals surface area contributed by atoms with Crippen molar-refractivity contribution >= 4 is 11.8 Å². The fourth-order valence-corrected chi connectivity index (χ4v) is 3.28. The van der Waals surface area contributed by atoms with Crippen LogP contribution in [0.15, 0.2) is 30.3 Å². The van der Waals surface area contributed by atoms with E-state index in [1.807, 2.05) is 40.1 Å². The molecular formula is C17H23N3O2. The quantitative estimate of drug-likeness (QED) is 0.901. The molecule has 2 aliphatic rings. The summed E-state index contributed by atoms with van der Waals surface area (Å²) in [5.74, 6) is 0.0455. The van der Waals surface area contributed by atoms with E-state index in [2.05, 4.69) is 12.2 Å². The predicted molar refractivity (Wildman–Crippen MR) is 84.0 cm³/mol. The number of amides is 2. The van der Waals surface area contributed by atoms with E-state index < -0.39 is 0 Å². The molecular weight excluding hydrogens is 278 g/mol. The summed E-state index contributed by atoms with van der Waals surface area (Å²) in [6, 6.07) is 10.3. The second kappa shape index (κ2) is 6.48. The summed E-state index contributed by atoms with van der Waals surface area (Å²) in [6.45, 7) is 5.54. The van der Waals surface area contributed by atoms with Crippen LogP contribution in [0.25, 0.3) is 0 Å². The van der Waals surface area contributed by atoms with Gasteiger partial charge in [0.2, 0.25) is 11.8 Å². The van der Waals surface area contributed by atoms with Gasteiger partial charge in [-0.05, 0) is 12.5 Å². The molecule has 2 aliphatic heterocycles. The lowest BCUT2D eigenvalue weighted by Crippen LogP contribution is -2.53. The highest BCUT2D eigenvalue weighted by Crippen LogP contribution is 2.22. The maximum absolute atomic E-state index is 12.6. The molecule has 5 nitrogen and oxygen atoms in total. The topological polar surface area (TPSA) is 52.7 Å². The Morgan fingerprint density at radius 3 is 2.77 bits per heavy atom. The van der Waals surface area contributed by atoms with Crippen molar-refractivity contribution in [1.29, 1.82) is 0 Å². The van der Waals surface area contributed by atoms with Gasteiger partial charge in [-0.2, -0.15) is 0 Å². The predicted octanol–water partition coefficient (Wildman–Crippen LogP) is 0.855. The Morgan fingerprint density at radius 2 is 2.05 bits per heavy atom. The number of hydrogen-bond acceptors (Lipinski definition) is 3. The lowest BCUT2D eigenvalue weighted by molar-refractivity contribution is -0.136. The number of likely N-dealkylation sites (tertiary alicyclic amines) is 1. The number of hydrogen-bond donors (Lipinski definition) is 1. The molecule has 0 aromatic heterocycles. The van der Waals surface area contributed by atoms with Crippen LogP contribution in [0, 0.1) is 5.92 Å². The number of nitrogens with zero attached hydrogens (tertiary/aromatic N) is 2. The highest BCUT2D eigenvalue weighted by Gasteiger charge is 2.37. The molecule has 0 radical (unpaired) electrons. The second-order valence-electron chi connectivity index (χ2n) is 6.30. The normalized spacial score (nSPS) is 25.6. The van der Waals surface area contributed by atoms with Gasteiger partial charge in [-0.15, -0.1) is 0 Å². The molecule has 0 bridgehead atoms. The van der Waals surface area contributed by atoms with E-state index in [0.717, 1.165) is 25.2 Å². The van der Waals surface area contributed by atoms with Crippen molar-refractivity contribution in [2.75, 3.05) is 26.2 Å². The molecule has 2 unspecified atom stereocenters. The molecule has 2 fully saturated rings. The Morgan fingerprint density at radius 1 is 1.27 bits per heavy atom. The Bertz CT molecular complexity index is 546. The summed E-state index contributed by atoms with van der Waals surface area (Å²) in [4.78, 5) is 28.5. The van der Waals surface area contributed by atoms with Crippen LogP contribution in [0.3, 0.4) is 0 Å². The van der Waals surface area contributed by atoms with Crippen molar-refractivity contribution in [3.63, 3.8) is 0 Å². The molecule has 0 aliphatic carbocycles. The van der Waals surface area contributed by atoms with Crippen LogP contribution in [-0.2, 0) is 16.1 Å². The number of rotatable bonds is 3. The van der Waals surface area contributed by atoms with E-state index in [4.69, 9.17) is 0 Å². The first-order chi connectivity index (χ1) is 10.6. The summed E-state index contributed by atoms with van der Waals surface area (Å²) in [7, 11) is 0. The average Bonchev–Trinajstić information content (AvgIpc) is 2.88. The third-order valence-corrected chi connectivity index (χ3v) is 4.46. The highest BCUT2D eigenvalue weighted by atomic mass is 16.2. The fraction of sp³-hybridized carbons (Fsp3) is 0.529. The Hall–Kier alpha value is -1.88. The third kappa shape index (κ3) is 3.30. The molecule has 118 valence electrons. The first-order valence-electron chi connectivity index (χ1n) is 7.97. The summed E-state index contributed by atoms with van der Waals surface area (Å²) in [5, 5.41) is 3.34. The van der Waals surface area contributed by atoms with Crippen molar-refractivity contribution < 1.29 is 9.59 Å². The van der Waals surface area contributed by atoms with Crippen LogP contribution < -0.4 is 5.32 Å². The molecule has 5 heteroatoms. The van der Waals surface area contributed by atoms with Crippen LogP contribution >= 0.6 is 0 Å². The van der Waals surface area contributed by atoms with Crippen LogP contribution in [0.2, 0.25) is 0 Å². The van der Waals surface area contributed by atoms with Gasteiger partial charge in [0.05, 0.1) is 5.92 Å². The maximum Gasteiger partial charge on any atom is 0.228 e. The van der Waals surface area contributed by atoms with Crippen LogP contribution in [0.4, 0.5) is 0 Å². The summed E-state index contributed by atoms with van der Waals surface area (Å²) >= 11 is 0. The Kier molecular flexibility index (Phi) is 4.43. The van der Waals surface area contributed by atoms with E-state index in [1.54, 1.807) is 0 Å². The molecule has 2 heterocycles. The molecule has 3 rings (SSSR count). The molecule has 0 spiro atoms. The van der Waals surface area contributed by atoms with Gasteiger partial charge in [0.1, 0.15) is 0 Å². The lowest BCUT2D eigenvalue weighted by Gasteiger charge is -2.33. The van der Waals surface area contributed by atoms with E-state index in [9.17, 15) is 9.59 Å². The molecule has 1 aromatic carbocycles. The van der Waals surface area contributed by atoms with Gasteiger partial charge in [0.15, 0.2) is 0 Å². The van der Waals surface area contributed by atoms with E-state index in [-0.39, 0.29) is 17.7 Å². The summed E-state index contributed by atoms with van der Waals surface area (Å²) in [5.41, 5.74) is 1.11. The maximum atomic E-state index is 12.6. The molecule has 2 saturated heterocycles. The van der Waals surface area contributed by atoms with Gasteiger partial charge in [0, 0.05) is 45.2 Å². The van der Waals surface area contributed by atoms with Gasteiger partial charge in [-0.1, -0.05) is 30.3 Å². The monoisotopic (exact) mass is 301 g/mol. The first-order valence-corrected chi connectivity index (χ1v) is 7.97. The number of carbonyl (C=O) groups excluding carboxylic acids is 2. The number of piperazine rings is 1. The largest absolute Gasteiger partial charge is 0.340 e. The Labute approximate surface area is 131 Å². The minimum Gasteiger partial charge on any atom is -0.340 e. The number of nitrogens with one attached hydrogen (secondary N) is 1. The molecule has 1 N–H and O–H groups in total.